The predicted octanol–water partition coefficient (Wildman–Crippen LogP) is 5.27. The fourth-order valence-corrected chi connectivity index (χ4v) is 4.51. The second-order valence-electron chi connectivity index (χ2n) is 9.26. The number of aromatic nitrogens is 4. The molecule has 2 heterocycles. The average molecular weight is 483 g/mol. The van der Waals surface area contributed by atoms with E-state index in [1.165, 1.54) is 10.6 Å². The molecule has 0 saturated carbocycles. The van der Waals surface area contributed by atoms with Crippen molar-refractivity contribution in [3.05, 3.63) is 129 Å². The Hall–Kier alpha value is -4.26. The lowest BCUT2D eigenvalue weighted by Gasteiger charge is -2.17. The van der Waals surface area contributed by atoms with Crippen molar-refractivity contribution < 1.29 is 4.39 Å². The highest BCUT2D eigenvalue weighted by Crippen LogP contribution is 2.23. The number of hydrogen-bond acceptors (Lipinski definition) is 3. The molecule has 0 N–H and O–H groups in total. The van der Waals surface area contributed by atoms with E-state index in [1.54, 1.807) is 29.1 Å². The van der Waals surface area contributed by atoms with Crippen LogP contribution >= 0.6 is 0 Å². The number of halogens is 1. The average Bonchev–Trinajstić information content (AvgIpc) is 3.33. The third-order valence-corrected chi connectivity index (χ3v) is 6.66. The van der Waals surface area contributed by atoms with E-state index in [9.17, 15) is 14.0 Å². The lowest BCUT2D eigenvalue weighted by molar-refractivity contribution is 0.584. The molecule has 3 aromatic carbocycles. The zero-order chi connectivity index (χ0) is 25.4. The van der Waals surface area contributed by atoms with Gasteiger partial charge in [0.05, 0.1) is 24.6 Å². The van der Waals surface area contributed by atoms with Gasteiger partial charge in [-0.25, -0.2) is 18.7 Å². The molecule has 0 saturated heterocycles. The maximum Gasteiger partial charge on any atom is 0.337 e. The first-order valence-electron chi connectivity index (χ1n) is 12.0. The number of nitrogens with zero attached hydrogens (tertiary/aromatic N) is 4. The molecule has 0 bridgehead atoms. The molecule has 1 unspecified atom stereocenters. The third kappa shape index (κ3) is 4.06. The van der Waals surface area contributed by atoms with Gasteiger partial charge < -0.3 is 4.57 Å². The Bertz CT molecular complexity index is 1650. The lowest BCUT2D eigenvalue weighted by atomic mass is 10.0. The molecule has 0 aliphatic rings. The van der Waals surface area contributed by atoms with Gasteiger partial charge in [-0.3, -0.25) is 9.36 Å². The van der Waals surface area contributed by atoms with Crippen molar-refractivity contribution in [3.63, 3.8) is 0 Å². The van der Waals surface area contributed by atoms with Gasteiger partial charge in [0, 0.05) is 5.56 Å². The fraction of sp³-hybridized carbons (Fsp3) is 0.207. The number of fused-ring (bicyclic) bond motifs is 1. The molecule has 5 aromatic rings. The molecule has 1 atom stereocenters. The fourth-order valence-electron chi connectivity index (χ4n) is 4.51. The van der Waals surface area contributed by atoms with Crippen LogP contribution in [0.1, 0.15) is 49.4 Å². The quantitative estimate of drug-likeness (QED) is 0.331. The van der Waals surface area contributed by atoms with Crippen molar-refractivity contribution in [1.29, 1.82) is 0 Å². The summed E-state index contributed by atoms with van der Waals surface area (Å²) in [7, 11) is 0. The Labute approximate surface area is 207 Å². The molecule has 0 aliphatic carbocycles. The minimum Gasteiger partial charge on any atom is -0.317 e. The van der Waals surface area contributed by atoms with Crippen LogP contribution in [0.3, 0.4) is 0 Å². The van der Waals surface area contributed by atoms with Crippen molar-refractivity contribution >= 4 is 11.2 Å². The summed E-state index contributed by atoms with van der Waals surface area (Å²) in [4.78, 5) is 32.0. The minimum atomic E-state index is -0.564. The van der Waals surface area contributed by atoms with Crippen LogP contribution in [0.5, 0.6) is 0 Å². The molecule has 7 heteroatoms. The molecular weight excluding hydrogens is 455 g/mol. The standard InChI is InChI=1S/C29H27FN4O2/c1-19(2)21-13-15-24(16-14-21)34-27-26(33(18-31-27)20(3)22-9-5-4-6-10-22)28(35)32(29(34)36)17-23-11-7-8-12-25(23)30/h4-16,18-20H,17H2,1-3H3. The van der Waals surface area contributed by atoms with E-state index >= 15 is 0 Å². The summed E-state index contributed by atoms with van der Waals surface area (Å²) >= 11 is 0. The summed E-state index contributed by atoms with van der Waals surface area (Å²) in [5.41, 5.74) is 2.47. The highest BCUT2D eigenvalue weighted by atomic mass is 19.1. The van der Waals surface area contributed by atoms with E-state index in [0.29, 0.717) is 11.6 Å². The van der Waals surface area contributed by atoms with Gasteiger partial charge in [0.1, 0.15) is 5.82 Å². The summed E-state index contributed by atoms with van der Waals surface area (Å²) < 4.78 is 18.8. The summed E-state index contributed by atoms with van der Waals surface area (Å²) in [6, 6.07) is 23.4. The molecule has 182 valence electrons. The van der Waals surface area contributed by atoms with Crippen LogP contribution in [0, 0.1) is 5.82 Å². The zero-order valence-corrected chi connectivity index (χ0v) is 20.4. The van der Waals surface area contributed by atoms with Gasteiger partial charge in [0.15, 0.2) is 11.2 Å². The van der Waals surface area contributed by atoms with Crippen LogP contribution in [-0.2, 0) is 6.54 Å². The number of rotatable bonds is 6. The smallest absolute Gasteiger partial charge is 0.317 e. The van der Waals surface area contributed by atoms with Crippen LogP contribution < -0.4 is 11.2 Å². The van der Waals surface area contributed by atoms with Crippen molar-refractivity contribution in [1.82, 2.24) is 18.7 Å². The maximum absolute atomic E-state index is 14.5. The van der Waals surface area contributed by atoms with E-state index in [1.807, 2.05) is 61.5 Å². The molecule has 2 aromatic heterocycles. The Morgan fingerprint density at radius 1 is 0.833 bits per heavy atom. The Morgan fingerprint density at radius 3 is 2.17 bits per heavy atom. The SMILES string of the molecule is CC(C)c1ccc(-n2c(=O)n(Cc3ccccc3F)c(=O)c3c2ncn3C(C)c2ccccc2)cc1. The zero-order valence-electron chi connectivity index (χ0n) is 20.4. The van der Waals surface area contributed by atoms with Gasteiger partial charge in [0.25, 0.3) is 5.56 Å². The summed E-state index contributed by atoms with van der Waals surface area (Å²) in [5, 5.41) is 0. The molecular formula is C29H27FN4O2. The van der Waals surface area contributed by atoms with Crippen molar-refractivity contribution in [2.45, 2.75) is 39.3 Å². The van der Waals surface area contributed by atoms with Gasteiger partial charge in [-0.2, -0.15) is 0 Å². The van der Waals surface area contributed by atoms with E-state index in [4.69, 9.17) is 0 Å². The topological polar surface area (TPSA) is 61.8 Å². The molecule has 0 fully saturated rings. The van der Waals surface area contributed by atoms with Gasteiger partial charge in [0.2, 0.25) is 0 Å². The number of hydrogen-bond donors (Lipinski definition) is 0. The highest BCUT2D eigenvalue weighted by Gasteiger charge is 2.22. The number of benzene rings is 3. The van der Waals surface area contributed by atoms with Crippen LogP contribution in [0.2, 0.25) is 0 Å². The van der Waals surface area contributed by atoms with Gasteiger partial charge >= 0.3 is 5.69 Å². The Kier molecular flexibility index (Phi) is 6.14. The minimum absolute atomic E-state index is 0.185. The molecule has 0 spiro atoms. The first kappa shape index (κ1) is 23.5. The molecule has 5 rings (SSSR count). The van der Waals surface area contributed by atoms with E-state index in [0.717, 1.165) is 15.7 Å². The Morgan fingerprint density at radius 2 is 1.50 bits per heavy atom. The van der Waals surface area contributed by atoms with E-state index in [-0.39, 0.29) is 29.3 Å². The molecule has 0 aliphatic heterocycles. The lowest BCUT2D eigenvalue weighted by Crippen LogP contribution is -2.40. The van der Waals surface area contributed by atoms with Crippen LogP contribution in [0.15, 0.2) is 94.8 Å². The first-order valence-corrected chi connectivity index (χ1v) is 12.0. The molecule has 36 heavy (non-hydrogen) atoms. The number of imidazole rings is 1. The van der Waals surface area contributed by atoms with Crippen LogP contribution in [0.4, 0.5) is 4.39 Å². The monoisotopic (exact) mass is 482 g/mol. The van der Waals surface area contributed by atoms with Gasteiger partial charge in [-0.1, -0.05) is 74.5 Å². The normalized spacial score (nSPS) is 12.4. The van der Waals surface area contributed by atoms with Gasteiger partial charge in [-0.15, -0.1) is 0 Å². The summed E-state index contributed by atoms with van der Waals surface area (Å²) in [6.45, 7) is 5.99. The van der Waals surface area contributed by atoms with Crippen molar-refractivity contribution in [2.75, 3.05) is 0 Å². The summed E-state index contributed by atoms with van der Waals surface area (Å²) in [6.07, 6.45) is 1.59. The van der Waals surface area contributed by atoms with Crippen LogP contribution in [-0.4, -0.2) is 18.7 Å². The maximum atomic E-state index is 14.5. The van der Waals surface area contributed by atoms with E-state index < -0.39 is 17.1 Å². The van der Waals surface area contributed by atoms with Crippen molar-refractivity contribution in [2.24, 2.45) is 0 Å². The largest absolute Gasteiger partial charge is 0.337 e. The summed E-state index contributed by atoms with van der Waals surface area (Å²) in [5.74, 6) is -0.139. The Balaban J connectivity index is 1.78. The highest BCUT2D eigenvalue weighted by molar-refractivity contribution is 5.73. The molecule has 0 amide bonds. The second-order valence-corrected chi connectivity index (χ2v) is 9.26. The van der Waals surface area contributed by atoms with Crippen molar-refractivity contribution in [3.8, 4) is 5.69 Å². The predicted molar refractivity (Wildman–Crippen MR) is 139 cm³/mol. The second kappa shape index (κ2) is 9.41. The van der Waals surface area contributed by atoms with Crippen LogP contribution in [0.25, 0.3) is 16.9 Å². The third-order valence-electron chi connectivity index (χ3n) is 6.66. The first-order chi connectivity index (χ1) is 17.4. The molecule has 6 nitrogen and oxygen atoms in total. The van der Waals surface area contributed by atoms with Gasteiger partial charge in [-0.05, 0) is 42.2 Å². The van der Waals surface area contributed by atoms with E-state index in [2.05, 4.69) is 18.8 Å². The molecule has 0 radical (unpaired) electrons.